The maximum Gasteiger partial charge on any atom is 0.178 e. The maximum atomic E-state index is 12.2. The van der Waals surface area contributed by atoms with Crippen molar-refractivity contribution in [1.82, 2.24) is 0 Å². The van der Waals surface area contributed by atoms with Gasteiger partial charge in [-0.15, -0.1) is 0 Å². The second kappa shape index (κ2) is 5.40. The predicted octanol–water partition coefficient (Wildman–Crippen LogP) is 4.13. The minimum absolute atomic E-state index is 0.118. The zero-order chi connectivity index (χ0) is 14.8. The largest absolute Gasteiger partial charge is 0.293 e. The van der Waals surface area contributed by atoms with Gasteiger partial charge in [-0.25, -0.2) is 0 Å². The van der Waals surface area contributed by atoms with Crippen molar-refractivity contribution >= 4 is 11.9 Å². The molecule has 0 saturated heterocycles. The van der Waals surface area contributed by atoms with Crippen LogP contribution >= 0.6 is 0 Å². The number of aryl methyl sites for hydroxylation is 3. The van der Waals surface area contributed by atoms with Crippen LogP contribution in [-0.2, 0) is 4.79 Å². The molecule has 0 bridgehead atoms. The summed E-state index contributed by atoms with van der Waals surface area (Å²) in [6.45, 7) is 11.6. The number of allylic oxidation sites excluding steroid dienone is 1. The van der Waals surface area contributed by atoms with Gasteiger partial charge in [-0.1, -0.05) is 32.9 Å². The van der Waals surface area contributed by atoms with Gasteiger partial charge >= 0.3 is 0 Å². The van der Waals surface area contributed by atoms with Crippen LogP contribution in [0.5, 0.6) is 0 Å². The van der Waals surface area contributed by atoms with Crippen LogP contribution in [0.4, 0.5) is 0 Å². The van der Waals surface area contributed by atoms with Crippen LogP contribution < -0.4 is 0 Å². The summed E-state index contributed by atoms with van der Waals surface area (Å²) in [5.74, 6) is -0.118. The molecule has 0 heterocycles. The normalized spacial score (nSPS) is 12.2. The molecule has 1 aromatic carbocycles. The number of carbonyl (C=O) groups is 1. The summed E-state index contributed by atoms with van der Waals surface area (Å²) in [5, 5.41) is 9.20. The molecule has 19 heavy (non-hydrogen) atoms. The lowest BCUT2D eigenvalue weighted by molar-refractivity contribution is -0.121. The van der Waals surface area contributed by atoms with Gasteiger partial charge in [0.1, 0.15) is 6.07 Å². The number of Topliss-reactive ketones (excluding diaryl/α,β-unsaturated/α-hetero) is 1. The van der Waals surface area contributed by atoms with Crippen molar-refractivity contribution in [2.24, 2.45) is 5.41 Å². The summed E-state index contributed by atoms with van der Waals surface area (Å²) in [6, 6.07) is 6.14. The van der Waals surface area contributed by atoms with Crippen molar-refractivity contribution in [2.45, 2.75) is 41.5 Å². The Morgan fingerprint density at radius 2 is 1.63 bits per heavy atom. The molecule has 100 valence electrons. The summed E-state index contributed by atoms with van der Waals surface area (Å²) in [7, 11) is 0. The minimum Gasteiger partial charge on any atom is -0.293 e. The van der Waals surface area contributed by atoms with Crippen LogP contribution in [0.25, 0.3) is 6.08 Å². The predicted molar refractivity (Wildman–Crippen MR) is 78.7 cm³/mol. The van der Waals surface area contributed by atoms with Crippen LogP contribution in [0.15, 0.2) is 17.7 Å². The molecule has 0 saturated carbocycles. The Labute approximate surface area is 115 Å². The van der Waals surface area contributed by atoms with E-state index >= 15 is 0 Å². The molecule has 0 fully saturated rings. The second-order valence-electron chi connectivity index (χ2n) is 6.04. The molecule has 0 aliphatic carbocycles. The molecule has 0 unspecified atom stereocenters. The number of nitrogens with zero attached hydrogens (tertiary/aromatic N) is 1. The van der Waals surface area contributed by atoms with E-state index in [4.69, 9.17) is 0 Å². The van der Waals surface area contributed by atoms with Crippen LogP contribution in [0.2, 0.25) is 0 Å². The summed E-state index contributed by atoms with van der Waals surface area (Å²) in [5.41, 5.74) is 4.09. The van der Waals surface area contributed by atoms with E-state index in [9.17, 15) is 10.1 Å². The smallest absolute Gasteiger partial charge is 0.178 e. The van der Waals surface area contributed by atoms with Crippen molar-refractivity contribution in [1.29, 1.82) is 5.26 Å². The van der Waals surface area contributed by atoms with Crippen LogP contribution in [0.3, 0.4) is 0 Å². The number of hydrogen-bond donors (Lipinski definition) is 0. The van der Waals surface area contributed by atoms with Gasteiger partial charge in [-0.3, -0.25) is 4.79 Å². The van der Waals surface area contributed by atoms with E-state index in [1.807, 2.05) is 46.8 Å². The Morgan fingerprint density at radius 1 is 1.11 bits per heavy atom. The van der Waals surface area contributed by atoms with Gasteiger partial charge in [0.15, 0.2) is 5.78 Å². The minimum atomic E-state index is -0.533. The molecule has 2 nitrogen and oxygen atoms in total. The molecule has 0 radical (unpaired) electrons. The summed E-state index contributed by atoms with van der Waals surface area (Å²) >= 11 is 0. The molecular weight excluding hydrogens is 234 g/mol. The number of carbonyl (C=O) groups excluding carboxylic acids is 1. The standard InChI is InChI=1S/C17H21NO/c1-11-7-13(3)14(8-12(11)2)9-15(10-18)16(19)17(4,5)6/h7-9H,1-6H3/b15-9+. The average Bonchev–Trinajstić information content (AvgIpc) is 2.30. The Bertz CT molecular complexity index is 581. The first-order valence-electron chi connectivity index (χ1n) is 6.41. The highest BCUT2D eigenvalue weighted by atomic mass is 16.1. The van der Waals surface area contributed by atoms with E-state index in [1.54, 1.807) is 6.08 Å². The quantitative estimate of drug-likeness (QED) is 0.589. The van der Waals surface area contributed by atoms with E-state index in [-0.39, 0.29) is 11.4 Å². The Balaban J connectivity index is 3.32. The zero-order valence-corrected chi connectivity index (χ0v) is 12.6. The van der Waals surface area contributed by atoms with Gasteiger partial charge in [0, 0.05) is 5.41 Å². The number of nitriles is 1. The van der Waals surface area contributed by atoms with E-state index in [1.165, 1.54) is 5.56 Å². The number of ketones is 1. The third-order valence-corrected chi connectivity index (χ3v) is 3.23. The van der Waals surface area contributed by atoms with Crippen LogP contribution in [-0.4, -0.2) is 5.78 Å². The Hall–Kier alpha value is -1.88. The fourth-order valence-electron chi connectivity index (χ4n) is 1.85. The second-order valence-corrected chi connectivity index (χ2v) is 6.04. The lowest BCUT2D eigenvalue weighted by atomic mass is 9.85. The van der Waals surface area contributed by atoms with Gasteiger partial charge < -0.3 is 0 Å². The average molecular weight is 255 g/mol. The molecule has 0 spiro atoms. The molecule has 0 N–H and O–H groups in total. The molecule has 0 aromatic heterocycles. The van der Waals surface area contributed by atoms with Crippen molar-refractivity contribution < 1.29 is 4.79 Å². The highest BCUT2D eigenvalue weighted by Crippen LogP contribution is 2.23. The van der Waals surface area contributed by atoms with Crippen LogP contribution in [0.1, 0.15) is 43.0 Å². The summed E-state index contributed by atoms with van der Waals surface area (Å²) < 4.78 is 0. The SMILES string of the molecule is Cc1cc(C)c(/C=C(\C#N)C(=O)C(C)(C)C)cc1C. The highest BCUT2D eigenvalue weighted by Gasteiger charge is 2.25. The van der Waals surface area contributed by atoms with Crippen LogP contribution in [0, 0.1) is 37.5 Å². The Kier molecular flexibility index (Phi) is 4.32. The lowest BCUT2D eigenvalue weighted by Crippen LogP contribution is -2.21. The molecule has 2 heteroatoms. The van der Waals surface area contributed by atoms with E-state index in [0.717, 1.165) is 16.7 Å². The number of rotatable bonds is 2. The zero-order valence-electron chi connectivity index (χ0n) is 12.6. The van der Waals surface area contributed by atoms with E-state index in [0.29, 0.717) is 0 Å². The molecule has 0 atom stereocenters. The fourth-order valence-corrected chi connectivity index (χ4v) is 1.85. The van der Waals surface area contributed by atoms with Gasteiger partial charge in [0.05, 0.1) is 5.57 Å². The Morgan fingerprint density at radius 3 is 2.11 bits per heavy atom. The first-order valence-corrected chi connectivity index (χ1v) is 6.41. The first kappa shape index (κ1) is 15.2. The maximum absolute atomic E-state index is 12.2. The monoisotopic (exact) mass is 255 g/mol. The van der Waals surface area contributed by atoms with Gasteiger partial charge in [0.2, 0.25) is 0 Å². The molecular formula is C17H21NO. The third-order valence-electron chi connectivity index (χ3n) is 3.23. The topological polar surface area (TPSA) is 40.9 Å². The molecule has 0 aliphatic rings. The van der Waals surface area contributed by atoms with Gasteiger partial charge in [-0.05, 0) is 49.1 Å². The molecule has 1 aromatic rings. The number of benzene rings is 1. The van der Waals surface area contributed by atoms with Gasteiger partial charge in [-0.2, -0.15) is 5.26 Å². The third kappa shape index (κ3) is 3.54. The summed E-state index contributed by atoms with van der Waals surface area (Å²) in [4.78, 5) is 12.2. The fraction of sp³-hybridized carbons (Fsp3) is 0.412. The molecule has 0 aliphatic heterocycles. The highest BCUT2D eigenvalue weighted by molar-refractivity contribution is 6.06. The van der Waals surface area contributed by atoms with Crippen molar-refractivity contribution in [3.63, 3.8) is 0 Å². The summed E-state index contributed by atoms with van der Waals surface area (Å²) in [6.07, 6.45) is 1.70. The van der Waals surface area contributed by atoms with E-state index < -0.39 is 5.41 Å². The van der Waals surface area contributed by atoms with Crippen molar-refractivity contribution in [2.75, 3.05) is 0 Å². The van der Waals surface area contributed by atoms with Gasteiger partial charge in [0.25, 0.3) is 0 Å². The van der Waals surface area contributed by atoms with Crippen molar-refractivity contribution in [3.8, 4) is 6.07 Å². The molecule has 1 rings (SSSR count). The lowest BCUT2D eigenvalue weighted by Gasteiger charge is -2.16. The van der Waals surface area contributed by atoms with Crippen molar-refractivity contribution in [3.05, 3.63) is 40.0 Å². The van der Waals surface area contributed by atoms with E-state index in [2.05, 4.69) is 13.0 Å². The molecule has 0 amide bonds. The number of hydrogen-bond acceptors (Lipinski definition) is 2. The first-order chi connectivity index (χ1) is 8.66.